The molecular weight excluding hydrogens is 434 g/mol. The fourth-order valence-corrected chi connectivity index (χ4v) is 4.84. The Morgan fingerprint density at radius 1 is 0.600 bits per heavy atom. The van der Waals surface area contributed by atoms with E-state index in [4.69, 9.17) is 0 Å². The van der Waals surface area contributed by atoms with Crippen LogP contribution in [0.25, 0.3) is 0 Å². The van der Waals surface area contributed by atoms with Gasteiger partial charge in [0, 0.05) is 18.7 Å². The van der Waals surface area contributed by atoms with E-state index in [9.17, 15) is 37.3 Å². The van der Waals surface area contributed by atoms with E-state index < -0.39 is 42.9 Å². The largest absolute Gasteiger partial charge is 0.504 e. The quantitative estimate of drug-likeness (QED) is 0.355. The molecule has 0 bridgehead atoms. The molecule has 0 saturated carbocycles. The third-order valence-electron chi connectivity index (χ3n) is 4.21. The number of hydrogen-bond donors (Lipinski definition) is 5. The van der Waals surface area contributed by atoms with Gasteiger partial charge in [-0.1, -0.05) is 12.1 Å². The highest BCUT2D eigenvalue weighted by atomic mass is 32.2. The van der Waals surface area contributed by atoms with Gasteiger partial charge >= 0.3 is 0 Å². The van der Waals surface area contributed by atoms with Crippen molar-refractivity contribution in [3.63, 3.8) is 0 Å². The lowest BCUT2D eigenvalue weighted by Crippen LogP contribution is -2.23. The molecule has 0 saturated heterocycles. The minimum absolute atomic E-state index is 0.0809. The van der Waals surface area contributed by atoms with E-state index in [2.05, 4.69) is 4.72 Å². The molecule has 0 spiro atoms. The number of benzene rings is 3. The highest BCUT2D eigenvalue weighted by Crippen LogP contribution is 2.30. The summed E-state index contributed by atoms with van der Waals surface area (Å²) in [6, 6.07) is 11.6. The van der Waals surface area contributed by atoms with Crippen LogP contribution in [0.15, 0.2) is 75.4 Å². The lowest BCUT2D eigenvalue weighted by Gasteiger charge is -2.09. The summed E-state index contributed by atoms with van der Waals surface area (Å²) in [5.74, 6) is -2.04. The van der Waals surface area contributed by atoms with E-state index >= 15 is 0 Å². The summed E-state index contributed by atoms with van der Waals surface area (Å²) < 4.78 is 52.1. The highest BCUT2D eigenvalue weighted by Gasteiger charge is 2.20. The molecule has 0 aliphatic rings. The number of phenols is 4. The summed E-state index contributed by atoms with van der Waals surface area (Å²) in [6.07, 6.45) is 0. The fourth-order valence-electron chi connectivity index (χ4n) is 2.53. The van der Waals surface area contributed by atoms with Crippen LogP contribution in [0.1, 0.15) is 5.56 Å². The van der Waals surface area contributed by atoms with Gasteiger partial charge in [0.15, 0.2) is 23.0 Å². The van der Waals surface area contributed by atoms with E-state index in [1.54, 1.807) is 0 Å². The molecule has 5 N–H and O–H groups in total. The Kier molecular flexibility index (Phi) is 5.61. The monoisotopic (exact) mass is 451 g/mol. The highest BCUT2D eigenvalue weighted by molar-refractivity contribution is 7.91. The van der Waals surface area contributed by atoms with Gasteiger partial charge in [-0.15, -0.1) is 0 Å². The minimum atomic E-state index is -3.98. The van der Waals surface area contributed by atoms with Gasteiger partial charge in [-0.2, -0.15) is 0 Å². The first kappa shape index (κ1) is 21.4. The maximum Gasteiger partial charge on any atom is 0.241 e. The molecule has 0 aliphatic heterocycles. The Bertz CT molecular complexity index is 1300. The molecule has 0 aliphatic carbocycles. The van der Waals surface area contributed by atoms with Crippen molar-refractivity contribution in [2.45, 2.75) is 21.2 Å². The summed E-state index contributed by atoms with van der Waals surface area (Å²) in [5, 5.41) is 37.6. The Hall–Kier alpha value is -3.28. The first-order valence-corrected chi connectivity index (χ1v) is 11.3. The van der Waals surface area contributed by atoms with Crippen LogP contribution in [0.2, 0.25) is 0 Å². The van der Waals surface area contributed by atoms with Crippen molar-refractivity contribution in [2.75, 3.05) is 0 Å². The standard InChI is InChI=1S/C19H17NO8S2/c21-16-7-5-14(9-18(16)23)29(25,26)13-3-1-12(2-4-13)11-20-30(27,28)15-6-8-17(22)19(24)10-15/h1-10,20-24H,11H2. The van der Waals surface area contributed by atoms with Crippen LogP contribution in [0.4, 0.5) is 0 Å². The number of phenolic OH excluding ortho intramolecular Hbond substituents is 4. The number of nitrogens with one attached hydrogen (secondary N) is 1. The average molecular weight is 451 g/mol. The Morgan fingerprint density at radius 3 is 1.60 bits per heavy atom. The normalized spacial score (nSPS) is 12.0. The molecular formula is C19H17NO8S2. The SMILES string of the molecule is O=S(=O)(NCc1ccc(S(=O)(=O)c2ccc(O)c(O)c2)cc1)c1ccc(O)c(O)c1. The summed E-state index contributed by atoms with van der Waals surface area (Å²) in [7, 11) is -7.93. The maximum absolute atomic E-state index is 12.6. The molecule has 0 fully saturated rings. The molecule has 0 heterocycles. The summed E-state index contributed by atoms with van der Waals surface area (Å²) >= 11 is 0. The van der Waals surface area contributed by atoms with E-state index in [0.29, 0.717) is 5.56 Å². The first-order chi connectivity index (χ1) is 14.0. The van der Waals surface area contributed by atoms with Crippen LogP contribution in [0.3, 0.4) is 0 Å². The van der Waals surface area contributed by atoms with Gasteiger partial charge in [-0.05, 0) is 42.0 Å². The van der Waals surface area contributed by atoms with Gasteiger partial charge in [-0.25, -0.2) is 21.6 Å². The van der Waals surface area contributed by atoms with Gasteiger partial charge < -0.3 is 20.4 Å². The number of sulfonamides is 1. The van der Waals surface area contributed by atoms with Crippen LogP contribution in [-0.4, -0.2) is 37.3 Å². The van der Waals surface area contributed by atoms with Crippen LogP contribution >= 0.6 is 0 Å². The molecule has 9 nitrogen and oxygen atoms in total. The van der Waals surface area contributed by atoms with Crippen molar-refractivity contribution in [3.8, 4) is 23.0 Å². The summed E-state index contributed by atoms with van der Waals surface area (Å²) in [5.41, 5.74) is 0.467. The summed E-state index contributed by atoms with van der Waals surface area (Å²) in [6.45, 7) is -0.149. The Morgan fingerprint density at radius 2 is 1.07 bits per heavy atom. The minimum Gasteiger partial charge on any atom is -0.504 e. The predicted molar refractivity (Wildman–Crippen MR) is 105 cm³/mol. The van der Waals surface area contributed by atoms with Gasteiger partial charge in [0.2, 0.25) is 19.9 Å². The number of rotatable bonds is 6. The zero-order valence-electron chi connectivity index (χ0n) is 15.2. The van der Waals surface area contributed by atoms with Gasteiger partial charge in [0.1, 0.15) is 0 Å². The Balaban J connectivity index is 1.77. The van der Waals surface area contributed by atoms with Crippen molar-refractivity contribution in [2.24, 2.45) is 0 Å². The van der Waals surface area contributed by atoms with Crippen LogP contribution in [0.5, 0.6) is 23.0 Å². The predicted octanol–water partition coefficient (Wildman–Crippen LogP) is 1.82. The molecule has 0 atom stereocenters. The van der Waals surface area contributed by atoms with Crippen molar-refractivity contribution in [3.05, 3.63) is 66.2 Å². The van der Waals surface area contributed by atoms with E-state index in [-0.39, 0.29) is 21.2 Å². The molecule has 0 amide bonds. The molecule has 3 rings (SSSR count). The number of hydrogen-bond acceptors (Lipinski definition) is 8. The Labute approximate surface area is 172 Å². The molecule has 3 aromatic carbocycles. The molecule has 3 aromatic rings. The smallest absolute Gasteiger partial charge is 0.241 e. The molecule has 0 radical (unpaired) electrons. The van der Waals surface area contributed by atoms with E-state index in [0.717, 1.165) is 36.4 Å². The third-order valence-corrected chi connectivity index (χ3v) is 7.38. The van der Waals surface area contributed by atoms with Gasteiger partial charge in [-0.3, -0.25) is 0 Å². The maximum atomic E-state index is 12.6. The zero-order chi connectivity index (χ0) is 22.1. The molecule has 158 valence electrons. The van der Waals surface area contributed by atoms with Crippen LogP contribution < -0.4 is 4.72 Å². The van der Waals surface area contributed by atoms with Crippen molar-refractivity contribution < 1.29 is 37.3 Å². The van der Waals surface area contributed by atoms with Crippen molar-refractivity contribution >= 4 is 19.9 Å². The van der Waals surface area contributed by atoms with Crippen molar-refractivity contribution in [1.82, 2.24) is 4.72 Å². The van der Waals surface area contributed by atoms with E-state index in [1.165, 1.54) is 24.3 Å². The topological polar surface area (TPSA) is 161 Å². The lowest BCUT2D eigenvalue weighted by atomic mass is 10.2. The zero-order valence-corrected chi connectivity index (χ0v) is 16.9. The fraction of sp³-hybridized carbons (Fsp3) is 0.0526. The molecule has 11 heteroatoms. The van der Waals surface area contributed by atoms with Crippen LogP contribution in [0, 0.1) is 0 Å². The first-order valence-electron chi connectivity index (χ1n) is 8.38. The lowest BCUT2D eigenvalue weighted by molar-refractivity contribution is 0.402. The van der Waals surface area contributed by atoms with Gasteiger partial charge in [0.05, 0.1) is 14.7 Å². The molecule has 0 unspecified atom stereocenters. The average Bonchev–Trinajstić information content (AvgIpc) is 2.70. The third kappa shape index (κ3) is 4.32. The second-order valence-corrected chi connectivity index (χ2v) is 9.99. The molecule has 0 aromatic heterocycles. The second kappa shape index (κ2) is 7.86. The van der Waals surface area contributed by atoms with Crippen LogP contribution in [-0.2, 0) is 26.4 Å². The second-order valence-electron chi connectivity index (χ2n) is 6.27. The number of sulfone groups is 1. The van der Waals surface area contributed by atoms with E-state index in [1.807, 2.05) is 0 Å². The molecule has 30 heavy (non-hydrogen) atoms. The van der Waals surface area contributed by atoms with Crippen molar-refractivity contribution in [1.29, 1.82) is 0 Å². The summed E-state index contributed by atoms with van der Waals surface area (Å²) in [4.78, 5) is -0.537. The number of aromatic hydroxyl groups is 4. The van der Waals surface area contributed by atoms with Gasteiger partial charge in [0.25, 0.3) is 0 Å².